The minimum atomic E-state index is -3.46. The molecule has 2 aromatic rings. The van der Waals surface area contributed by atoms with Crippen molar-refractivity contribution in [1.29, 1.82) is 0 Å². The van der Waals surface area contributed by atoms with Crippen molar-refractivity contribution in [2.24, 2.45) is 0 Å². The van der Waals surface area contributed by atoms with Gasteiger partial charge >= 0.3 is 0 Å². The molecule has 7 heteroatoms. The number of hydrogen-bond donors (Lipinski definition) is 1. The molecule has 0 spiro atoms. The highest BCUT2D eigenvalue weighted by Crippen LogP contribution is 2.32. The van der Waals surface area contributed by atoms with Crippen molar-refractivity contribution in [2.75, 3.05) is 13.2 Å². The number of rotatable bonds is 5. The van der Waals surface area contributed by atoms with Crippen molar-refractivity contribution in [2.45, 2.75) is 18.7 Å². The Kier molecular flexibility index (Phi) is 5.12. The minimum absolute atomic E-state index is 0.0681. The van der Waals surface area contributed by atoms with Gasteiger partial charge in [-0.25, -0.2) is 13.1 Å². The normalized spacial score (nSPS) is 15.1. The van der Waals surface area contributed by atoms with Gasteiger partial charge in [-0.2, -0.15) is 0 Å². The number of sulfonamides is 1. The Bertz CT molecular complexity index is 838. The third-order valence-corrected chi connectivity index (χ3v) is 5.59. The van der Waals surface area contributed by atoms with Gasteiger partial charge in [-0.15, -0.1) is 0 Å². The summed E-state index contributed by atoms with van der Waals surface area (Å²) in [7, 11) is -3.46. The average Bonchev–Trinajstić information content (AvgIpc) is 2.53. The number of halogens is 1. The van der Waals surface area contributed by atoms with Crippen LogP contribution in [-0.4, -0.2) is 21.6 Å². The fourth-order valence-corrected chi connectivity index (χ4v) is 4.38. The smallest absolute Gasteiger partial charge is 0.216 e. The maximum absolute atomic E-state index is 12.4. The molecule has 0 saturated carbocycles. The van der Waals surface area contributed by atoms with Crippen LogP contribution in [0.1, 0.15) is 24.1 Å². The van der Waals surface area contributed by atoms with E-state index in [9.17, 15) is 8.42 Å². The second-order valence-electron chi connectivity index (χ2n) is 5.63. The molecule has 1 heterocycles. The summed E-state index contributed by atoms with van der Waals surface area (Å²) in [6.07, 6.45) is 0. The summed E-state index contributed by atoms with van der Waals surface area (Å²) in [6, 6.07) is 12.4. The van der Waals surface area contributed by atoms with E-state index in [1.54, 1.807) is 12.1 Å². The summed E-state index contributed by atoms with van der Waals surface area (Å²) in [4.78, 5) is 0. The molecule has 1 aliphatic rings. The van der Waals surface area contributed by atoms with Gasteiger partial charge in [0.15, 0.2) is 11.5 Å². The summed E-state index contributed by atoms with van der Waals surface area (Å²) < 4.78 is 39.4. The summed E-state index contributed by atoms with van der Waals surface area (Å²) >= 11 is 3.35. The Morgan fingerprint density at radius 2 is 1.88 bits per heavy atom. The van der Waals surface area contributed by atoms with E-state index in [0.29, 0.717) is 24.7 Å². The van der Waals surface area contributed by atoms with Gasteiger partial charge in [-0.3, -0.25) is 0 Å². The third-order valence-electron chi connectivity index (χ3n) is 3.67. The van der Waals surface area contributed by atoms with Crippen LogP contribution in [0, 0.1) is 0 Å². The van der Waals surface area contributed by atoms with Crippen LogP contribution in [0.15, 0.2) is 46.9 Å². The molecule has 2 aromatic carbocycles. The molecule has 24 heavy (non-hydrogen) atoms. The summed E-state index contributed by atoms with van der Waals surface area (Å²) in [6.45, 7) is 2.84. The standard InChI is InChI=1S/C17H18BrNO4S/c1-12(14-5-6-16-17(10-14)23-8-7-22-16)19-24(20,21)11-13-3-2-4-15(18)9-13/h2-6,9-10,12,19H,7-8,11H2,1H3. The molecule has 0 radical (unpaired) electrons. The molecular weight excluding hydrogens is 394 g/mol. The molecule has 0 saturated heterocycles. The van der Waals surface area contributed by atoms with Gasteiger partial charge in [0.05, 0.1) is 5.75 Å². The lowest BCUT2D eigenvalue weighted by Crippen LogP contribution is -2.28. The van der Waals surface area contributed by atoms with Crippen molar-refractivity contribution >= 4 is 26.0 Å². The topological polar surface area (TPSA) is 64.6 Å². The molecule has 0 bridgehead atoms. The first-order valence-electron chi connectivity index (χ1n) is 7.57. The van der Waals surface area contributed by atoms with Crippen molar-refractivity contribution in [3.05, 3.63) is 58.1 Å². The first kappa shape index (κ1) is 17.3. The Balaban J connectivity index is 1.72. The summed E-state index contributed by atoms with van der Waals surface area (Å²) in [5, 5.41) is 0. The van der Waals surface area contributed by atoms with Crippen LogP contribution in [-0.2, 0) is 15.8 Å². The largest absolute Gasteiger partial charge is 0.486 e. The number of nitrogens with one attached hydrogen (secondary N) is 1. The van der Waals surface area contributed by atoms with Gasteiger partial charge in [-0.1, -0.05) is 34.1 Å². The molecule has 0 amide bonds. The summed E-state index contributed by atoms with van der Waals surface area (Å²) in [5.41, 5.74) is 1.56. The summed E-state index contributed by atoms with van der Waals surface area (Å²) in [5.74, 6) is 1.27. The maximum Gasteiger partial charge on any atom is 0.216 e. The molecule has 0 aliphatic carbocycles. The predicted octanol–water partition coefficient (Wildman–Crippen LogP) is 3.40. The average molecular weight is 412 g/mol. The lowest BCUT2D eigenvalue weighted by molar-refractivity contribution is 0.171. The van der Waals surface area contributed by atoms with E-state index in [-0.39, 0.29) is 11.8 Å². The number of hydrogen-bond acceptors (Lipinski definition) is 4. The van der Waals surface area contributed by atoms with E-state index in [1.807, 2.05) is 37.3 Å². The first-order valence-corrected chi connectivity index (χ1v) is 10.0. The SMILES string of the molecule is CC(NS(=O)(=O)Cc1cccc(Br)c1)c1ccc2c(c1)OCCO2. The van der Waals surface area contributed by atoms with E-state index in [2.05, 4.69) is 20.7 Å². The Morgan fingerprint density at radius 3 is 2.62 bits per heavy atom. The lowest BCUT2D eigenvalue weighted by Gasteiger charge is -2.21. The van der Waals surface area contributed by atoms with Crippen LogP contribution < -0.4 is 14.2 Å². The Morgan fingerprint density at radius 1 is 1.12 bits per heavy atom. The van der Waals surface area contributed by atoms with E-state index in [1.165, 1.54) is 0 Å². The molecule has 1 unspecified atom stereocenters. The molecular formula is C17H18BrNO4S. The van der Waals surface area contributed by atoms with Crippen LogP contribution in [0.2, 0.25) is 0 Å². The molecule has 1 aliphatic heterocycles. The molecule has 5 nitrogen and oxygen atoms in total. The fraction of sp³-hybridized carbons (Fsp3) is 0.294. The monoisotopic (exact) mass is 411 g/mol. The highest BCUT2D eigenvalue weighted by Gasteiger charge is 2.19. The molecule has 128 valence electrons. The number of ether oxygens (including phenoxy) is 2. The lowest BCUT2D eigenvalue weighted by atomic mass is 10.1. The van der Waals surface area contributed by atoms with Crippen LogP contribution in [0.5, 0.6) is 11.5 Å². The van der Waals surface area contributed by atoms with Gasteiger partial charge < -0.3 is 9.47 Å². The maximum atomic E-state index is 12.4. The highest BCUT2D eigenvalue weighted by atomic mass is 79.9. The zero-order valence-electron chi connectivity index (χ0n) is 13.2. The van der Waals surface area contributed by atoms with Crippen LogP contribution in [0.4, 0.5) is 0 Å². The number of benzene rings is 2. The minimum Gasteiger partial charge on any atom is -0.486 e. The van der Waals surface area contributed by atoms with Crippen LogP contribution in [0.25, 0.3) is 0 Å². The van der Waals surface area contributed by atoms with E-state index in [0.717, 1.165) is 15.6 Å². The molecule has 0 aromatic heterocycles. The van der Waals surface area contributed by atoms with Gasteiger partial charge in [0.25, 0.3) is 0 Å². The zero-order valence-corrected chi connectivity index (χ0v) is 15.6. The molecule has 0 fully saturated rings. The van der Waals surface area contributed by atoms with Gasteiger partial charge in [0, 0.05) is 10.5 Å². The Labute approximate surface area is 150 Å². The number of fused-ring (bicyclic) bond motifs is 1. The predicted molar refractivity (Wildman–Crippen MR) is 95.7 cm³/mol. The van der Waals surface area contributed by atoms with Gasteiger partial charge in [0.2, 0.25) is 10.0 Å². The fourth-order valence-electron chi connectivity index (χ4n) is 2.55. The quantitative estimate of drug-likeness (QED) is 0.818. The first-order chi connectivity index (χ1) is 11.4. The van der Waals surface area contributed by atoms with Gasteiger partial charge in [0.1, 0.15) is 13.2 Å². The molecule has 1 atom stereocenters. The Hall–Kier alpha value is -1.57. The van der Waals surface area contributed by atoms with E-state index < -0.39 is 10.0 Å². The van der Waals surface area contributed by atoms with Crippen molar-refractivity contribution in [3.8, 4) is 11.5 Å². The highest BCUT2D eigenvalue weighted by molar-refractivity contribution is 9.10. The van der Waals surface area contributed by atoms with Crippen molar-refractivity contribution < 1.29 is 17.9 Å². The van der Waals surface area contributed by atoms with Crippen LogP contribution >= 0.6 is 15.9 Å². The van der Waals surface area contributed by atoms with Gasteiger partial charge in [-0.05, 0) is 42.3 Å². The van der Waals surface area contributed by atoms with E-state index in [4.69, 9.17) is 9.47 Å². The second kappa shape index (κ2) is 7.13. The van der Waals surface area contributed by atoms with Crippen LogP contribution in [0.3, 0.4) is 0 Å². The zero-order chi connectivity index (χ0) is 17.2. The molecule has 1 N–H and O–H groups in total. The third kappa shape index (κ3) is 4.28. The van der Waals surface area contributed by atoms with E-state index >= 15 is 0 Å². The second-order valence-corrected chi connectivity index (χ2v) is 8.30. The molecule has 3 rings (SSSR count). The van der Waals surface area contributed by atoms with Crippen molar-refractivity contribution in [3.63, 3.8) is 0 Å². The van der Waals surface area contributed by atoms with Crippen molar-refractivity contribution in [1.82, 2.24) is 4.72 Å².